The predicted molar refractivity (Wildman–Crippen MR) is 91.6 cm³/mol. The summed E-state index contributed by atoms with van der Waals surface area (Å²) in [5.74, 6) is -0.0293. The first kappa shape index (κ1) is 16.6. The quantitative estimate of drug-likeness (QED) is 0.790. The minimum atomic E-state index is -0.0592. The normalized spacial score (nSPS) is 15.4. The number of hydrogen-bond donors (Lipinski definition) is 0. The third-order valence-electron chi connectivity index (χ3n) is 4.34. The van der Waals surface area contributed by atoms with Gasteiger partial charge in [0.1, 0.15) is 0 Å². The Kier molecular flexibility index (Phi) is 4.92. The Morgan fingerprint density at radius 2 is 1.75 bits per heavy atom. The summed E-state index contributed by atoms with van der Waals surface area (Å²) in [5.41, 5.74) is 2.86. The zero-order valence-corrected chi connectivity index (χ0v) is 14.1. The zero-order chi connectivity index (χ0) is 17.1. The van der Waals surface area contributed by atoms with Crippen LogP contribution in [0.3, 0.4) is 0 Å². The number of aryl methyl sites for hydroxylation is 2. The van der Waals surface area contributed by atoms with E-state index in [1.807, 2.05) is 31.2 Å². The molecule has 1 aromatic heterocycles. The Labute approximate surface area is 141 Å². The van der Waals surface area contributed by atoms with Crippen molar-refractivity contribution in [3.63, 3.8) is 0 Å². The molecular weight excluding hydrogens is 304 g/mol. The fourth-order valence-electron chi connectivity index (χ4n) is 2.88. The van der Waals surface area contributed by atoms with Crippen molar-refractivity contribution in [3.8, 4) is 0 Å². The Morgan fingerprint density at radius 3 is 2.42 bits per heavy atom. The SMILES string of the molecule is Cc1ccc(C(=O)c2cc(C(=O)CN3CCOCC3)n(C)c2)cc1. The number of rotatable bonds is 5. The molecule has 24 heavy (non-hydrogen) atoms. The van der Waals surface area contributed by atoms with Gasteiger partial charge in [-0.15, -0.1) is 0 Å². The Morgan fingerprint density at radius 1 is 1.08 bits per heavy atom. The van der Waals surface area contributed by atoms with Crippen molar-refractivity contribution in [3.05, 3.63) is 58.9 Å². The highest BCUT2D eigenvalue weighted by Crippen LogP contribution is 2.15. The molecule has 1 aliphatic rings. The van der Waals surface area contributed by atoms with Crippen LogP contribution in [0, 0.1) is 6.92 Å². The lowest BCUT2D eigenvalue weighted by atomic mass is 10.0. The lowest BCUT2D eigenvalue weighted by Crippen LogP contribution is -2.39. The van der Waals surface area contributed by atoms with Gasteiger partial charge in [0.25, 0.3) is 0 Å². The molecule has 126 valence electrons. The number of Topliss-reactive ketones (excluding diaryl/α,β-unsaturated/α-hetero) is 1. The van der Waals surface area contributed by atoms with E-state index in [1.165, 1.54) is 0 Å². The molecule has 2 heterocycles. The van der Waals surface area contributed by atoms with Crippen LogP contribution in [0.15, 0.2) is 36.5 Å². The first-order valence-electron chi connectivity index (χ1n) is 8.15. The second-order valence-electron chi connectivity index (χ2n) is 6.23. The fraction of sp³-hybridized carbons (Fsp3) is 0.368. The minimum Gasteiger partial charge on any atom is -0.379 e. The van der Waals surface area contributed by atoms with Gasteiger partial charge in [-0.2, -0.15) is 0 Å². The van der Waals surface area contributed by atoms with E-state index in [4.69, 9.17) is 4.74 Å². The summed E-state index contributed by atoms with van der Waals surface area (Å²) in [5, 5.41) is 0. The van der Waals surface area contributed by atoms with Crippen molar-refractivity contribution >= 4 is 11.6 Å². The molecule has 0 aliphatic carbocycles. The molecule has 1 aromatic carbocycles. The van der Waals surface area contributed by atoms with Crippen molar-refractivity contribution < 1.29 is 14.3 Å². The van der Waals surface area contributed by atoms with E-state index in [2.05, 4.69) is 4.90 Å². The maximum atomic E-state index is 12.6. The lowest BCUT2D eigenvalue weighted by molar-refractivity contribution is 0.0369. The van der Waals surface area contributed by atoms with Crippen LogP contribution < -0.4 is 0 Å². The zero-order valence-electron chi connectivity index (χ0n) is 14.1. The van der Waals surface area contributed by atoms with E-state index in [1.54, 1.807) is 23.9 Å². The summed E-state index contributed by atoms with van der Waals surface area (Å²) < 4.78 is 7.04. The van der Waals surface area contributed by atoms with Crippen LogP contribution >= 0.6 is 0 Å². The van der Waals surface area contributed by atoms with Gasteiger partial charge in [0.05, 0.1) is 25.5 Å². The van der Waals surface area contributed by atoms with Gasteiger partial charge in [0, 0.05) is 37.5 Å². The molecule has 1 saturated heterocycles. The second-order valence-corrected chi connectivity index (χ2v) is 6.23. The molecule has 0 radical (unpaired) electrons. The summed E-state index contributed by atoms with van der Waals surface area (Å²) in [6.45, 7) is 5.21. The Bertz CT molecular complexity index is 740. The number of aromatic nitrogens is 1. The van der Waals surface area contributed by atoms with Gasteiger partial charge < -0.3 is 9.30 Å². The summed E-state index contributed by atoms with van der Waals surface area (Å²) in [7, 11) is 1.80. The first-order valence-corrected chi connectivity index (χ1v) is 8.15. The standard InChI is InChI=1S/C19H22N2O3/c1-14-3-5-15(6-4-14)19(23)16-11-17(20(2)12-16)18(22)13-21-7-9-24-10-8-21/h3-6,11-12H,7-10,13H2,1-2H3. The fourth-order valence-corrected chi connectivity index (χ4v) is 2.88. The van der Waals surface area contributed by atoms with Crippen molar-refractivity contribution in [2.75, 3.05) is 32.8 Å². The van der Waals surface area contributed by atoms with Crippen LogP contribution in [0.5, 0.6) is 0 Å². The van der Waals surface area contributed by atoms with E-state index in [0.717, 1.165) is 18.7 Å². The first-order chi connectivity index (χ1) is 11.5. The van der Waals surface area contributed by atoms with Crippen molar-refractivity contribution in [2.24, 2.45) is 7.05 Å². The number of hydrogen-bond acceptors (Lipinski definition) is 4. The van der Waals surface area contributed by atoms with Crippen molar-refractivity contribution in [1.82, 2.24) is 9.47 Å². The molecule has 0 atom stereocenters. The van der Waals surface area contributed by atoms with E-state index < -0.39 is 0 Å². The minimum absolute atomic E-state index is 0.0300. The highest BCUT2D eigenvalue weighted by molar-refractivity contribution is 6.10. The Balaban J connectivity index is 1.75. The monoisotopic (exact) mass is 326 g/mol. The van der Waals surface area contributed by atoms with Gasteiger partial charge >= 0.3 is 0 Å². The number of carbonyl (C=O) groups is 2. The maximum Gasteiger partial charge on any atom is 0.194 e. The van der Waals surface area contributed by atoms with Gasteiger partial charge in [0.2, 0.25) is 0 Å². The molecular formula is C19H22N2O3. The van der Waals surface area contributed by atoms with Crippen molar-refractivity contribution in [1.29, 1.82) is 0 Å². The van der Waals surface area contributed by atoms with E-state index in [-0.39, 0.29) is 11.6 Å². The van der Waals surface area contributed by atoms with Gasteiger partial charge in [-0.3, -0.25) is 14.5 Å². The van der Waals surface area contributed by atoms with Crippen LogP contribution in [0.25, 0.3) is 0 Å². The largest absolute Gasteiger partial charge is 0.379 e. The molecule has 0 unspecified atom stereocenters. The van der Waals surface area contributed by atoms with Crippen molar-refractivity contribution in [2.45, 2.75) is 6.92 Å². The smallest absolute Gasteiger partial charge is 0.194 e. The van der Waals surface area contributed by atoms with Crippen LogP contribution in [-0.2, 0) is 11.8 Å². The molecule has 5 heteroatoms. The van der Waals surface area contributed by atoms with Gasteiger partial charge in [-0.1, -0.05) is 29.8 Å². The molecule has 0 bridgehead atoms. The van der Waals surface area contributed by atoms with Crippen LogP contribution in [0.1, 0.15) is 32.0 Å². The number of ether oxygens (including phenoxy) is 1. The highest BCUT2D eigenvalue weighted by atomic mass is 16.5. The number of ketones is 2. The average molecular weight is 326 g/mol. The number of nitrogens with zero attached hydrogens (tertiary/aromatic N) is 2. The van der Waals surface area contributed by atoms with Crippen LogP contribution in [0.2, 0.25) is 0 Å². The summed E-state index contributed by atoms with van der Waals surface area (Å²) >= 11 is 0. The lowest BCUT2D eigenvalue weighted by Gasteiger charge is -2.25. The molecule has 1 fully saturated rings. The average Bonchev–Trinajstić information content (AvgIpc) is 2.98. The number of carbonyl (C=O) groups excluding carboxylic acids is 2. The van der Waals surface area contributed by atoms with E-state index >= 15 is 0 Å². The molecule has 0 spiro atoms. The summed E-state index contributed by atoms with van der Waals surface area (Å²) in [6.07, 6.45) is 1.73. The molecule has 3 rings (SSSR count). The third-order valence-corrected chi connectivity index (χ3v) is 4.34. The topological polar surface area (TPSA) is 51.5 Å². The van der Waals surface area contributed by atoms with Gasteiger partial charge in [-0.25, -0.2) is 0 Å². The second kappa shape index (κ2) is 7.11. The molecule has 1 aliphatic heterocycles. The molecule has 0 saturated carbocycles. The summed E-state index contributed by atoms with van der Waals surface area (Å²) in [4.78, 5) is 27.2. The van der Waals surface area contributed by atoms with Crippen LogP contribution in [0.4, 0.5) is 0 Å². The van der Waals surface area contributed by atoms with Gasteiger partial charge in [0.15, 0.2) is 11.6 Å². The number of benzene rings is 1. The third kappa shape index (κ3) is 3.63. The van der Waals surface area contributed by atoms with Gasteiger partial charge in [-0.05, 0) is 13.0 Å². The van der Waals surface area contributed by atoms with Crippen LogP contribution in [-0.4, -0.2) is 53.9 Å². The van der Waals surface area contributed by atoms with E-state index in [9.17, 15) is 9.59 Å². The Hall–Kier alpha value is -2.24. The highest BCUT2D eigenvalue weighted by Gasteiger charge is 2.20. The molecule has 0 N–H and O–H groups in total. The van der Waals surface area contributed by atoms with E-state index in [0.29, 0.717) is 36.6 Å². The predicted octanol–water partition coefficient (Wildman–Crippen LogP) is 2.08. The number of morpholine rings is 1. The maximum absolute atomic E-state index is 12.6. The molecule has 0 amide bonds. The molecule has 2 aromatic rings. The molecule has 5 nitrogen and oxygen atoms in total. The summed E-state index contributed by atoms with van der Waals surface area (Å²) in [6, 6.07) is 9.17.